The van der Waals surface area contributed by atoms with Crippen LogP contribution < -0.4 is 0 Å². The number of aliphatic hydroxyl groups is 1. The molecule has 0 aromatic heterocycles. The van der Waals surface area contributed by atoms with Crippen LogP contribution in [0.2, 0.25) is 0 Å². The highest BCUT2D eigenvalue weighted by Gasteiger charge is 1.88. The van der Waals surface area contributed by atoms with Gasteiger partial charge in [0.25, 0.3) is 0 Å². The summed E-state index contributed by atoms with van der Waals surface area (Å²) in [7, 11) is 0. The molecule has 0 heterocycles. The van der Waals surface area contributed by atoms with E-state index in [1.807, 2.05) is 13.0 Å². The first-order chi connectivity index (χ1) is 5.31. The van der Waals surface area contributed by atoms with E-state index in [-0.39, 0.29) is 6.10 Å². The van der Waals surface area contributed by atoms with Crippen molar-refractivity contribution >= 4 is 0 Å². The molecular weight excluding hydrogens is 136 g/mol. The number of unbranched alkanes of at least 4 members (excludes halogenated alkanes) is 2. The van der Waals surface area contributed by atoms with Crippen molar-refractivity contribution in [2.75, 3.05) is 0 Å². The van der Waals surface area contributed by atoms with Gasteiger partial charge in [0.15, 0.2) is 0 Å². The zero-order valence-electron chi connectivity index (χ0n) is 7.51. The van der Waals surface area contributed by atoms with Gasteiger partial charge in [0, 0.05) is 0 Å². The Morgan fingerprint density at radius 2 is 2.18 bits per heavy atom. The van der Waals surface area contributed by atoms with Gasteiger partial charge in [-0.3, -0.25) is 0 Å². The van der Waals surface area contributed by atoms with Gasteiger partial charge in [0.1, 0.15) is 0 Å². The molecule has 0 aromatic rings. The van der Waals surface area contributed by atoms with E-state index >= 15 is 0 Å². The monoisotopic (exact) mass is 154 g/mol. The topological polar surface area (TPSA) is 20.2 Å². The van der Waals surface area contributed by atoms with Crippen molar-refractivity contribution in [3.63, 3.8) is 0 Å². The normalized spacial score (nSPS) is 11.9. The Balaban J connectivity index is 3.46. The summed E-state index contributed by atoms with van der Waals surface area (Å²) in [5.41, 5.74) is 2.97. The van der Waals surface area contributed by atoms with Crippen LogP contribution in [0.4, 0.5) is 0 Å². The van der Waals surface area contributed by atoms with Crippen molar-refractivity contribution < 1.29 is 5.11 Å². The first-order valence-corrected chi connectivity index (χ1v) is 4.40. The second-order valence-corrected chi connectivity index (χ2v) is 2.66. The molecule has 0 bridgehead atoms. The number of hydrogen-bond acceptors (Lipinski definition) is 1. The summed E-state index contributed by atoms with van der Waals surface area (Å²) in [6, 6.07) is 0. The lowest BCUT2D eigenvalue weighted by Crippen LogP contribution is -1.96. The lowest BCUT2D eigenvalue weighted by atomic mass is 10.2. The summed E-state index contributed by atoms with van der Waals surface area (Å²) >= 11 is 0. The van der Waals surface area contributed by atoms with Gasteiger partial charge in [-0.2, -0.15) is 0 Å². The molecule has 0 aliphatic carbocycles. The second kappa shape index (κ2) is 7.59. The van der Waals surface area contributed by atoms with Gasteiger partial charge in [-0.15, -0.1) is 5.73 Å². The van der Waals surface area contributed by atoms with Gasteiger partial charge in [-0.05, 0) is 31.4 Å². The summed E-state index contributed by atoms with van der Waals surface area (Å²) in [5.74, 6) is 0. The first kappa shape index (κ1) is 10.5. The zero-order chi connectivity index (χ0) is 8.53. The van der Waals surface area contributed by atoms with Crippen LogP contribution in [0.1, 0.15) is 39.5 Å². The Morgan fingerprint density at radius 3 is 2.73 bits per heavy atom. The standard InChI is InChI=1S/C10H18O/c1-3-5-6-7-8-9-10(11)4-2/h7,9-11H,3-6H2,1-2H3/t8?,10-/m1/s1. The predicted molar refractivity (Wildman–Crippen MR) is 48.5 cm³/mol. The van der Waals surface area contributed by atoms with E-state index in [2.05, 4.69) is 12.7 Å². The molecule has 0 fully saturated rings. The number of rotatable bonds is 5. The molecule has 0 unspecified atom stereocenters. The van der Waals surface area contributed by atoms with Crippen LogP contribution in [-0.4, -0.2) is 11.2 Å². The molecule has 1 nitrogen and oxygen atoms in total. The van der Waals surface area contributed by atoms with Crippen molar-refractivity contribution in [2.24, 2.45) is 0 Å². The van der Waals surface area contributed by atoms with Gasteiger partial charge in [-0.25, -0.2) is 0 Å². The van der Waals surface area contributed by atoms with Gasteiger partial charge in [-0.1, -0.05) is 20.3 Å². The van der Waals surface area contributed by atoms with E-state index in [1.54, 1.807) is 6.08 Å². The molecule has 11 heavy (non-hydrogen) atoms. The molecule has 64 valence electrons. The van der Waals surface area contributed by atoms with Crippen LogP contribution in [-0.2, 0) is 0 Å². The van der Waals surface area contributed by atoms with E-state index in [0.717, 1.165) is 12.8 Å². The van der Waals surface area contributed by atoms with Crippen molar-refractivity contribution in [2.45, 2.75) is 45.6 Å². The average Bonchev–Trinajstić information content (AvgIpc) is 2.04. The fourth-order valence-electron chi connectivity index (χ4n) is 0.686. The van der Waals surface area contributed by atoms with E-state index < -0.39 is 0 Å². The van der Waals surface area contributed by atoms with Crippen LogP contribution in [0.3, 0.4) is 0 Å². The molecule has 0 saturated heterocycles. The molecule has 0 amide bonds. The lowest BCUT2D eigenvalue weighted by Gasteiger charge is -1.94. The molecule has 1 heteroatoms. The quantitative estimate of drug-likeness (QED) is 0.477. The van der Waals surface area contributed by atoms with Crippen LogP contribution in [0.25, 0.3) is 0 Å². The third kappa shape index (κ3) is 7.38. The maximum atomic E-state index is 9.08. The number of aliphatic hydroxyl groups excluding tert-OH is 1. The molecule has 0 spiro atoms. The molecule has 0 saturated carbocycles. The smallest absolute Gasteiger partial charge is 0.0791 e. The average molecular weight is 154 g/mol. The third-order valence-corrected chi connectivity index (χ3v) is 1.53. The number of hydrogen-bond donors (Lipinski definition) is 1. The molecule has 0 rings (SSSR count). The van der Waals surface area contributed by atoms with Gasteiger partial charge >= 0.3 is 0 Å². The van der Waals surface area contributed by atoms with E-state index in [1.165, 1.54) is 12.8 Å². The minimum atomic E-state index is -0.312. The molecule has 0 aromatic carbocycles. The predicted octanol–water partition coefficient (Wildman–Crippen LogP) is 2.66. The van der Waals surface area contributed by atoms with Crippen LogP contribution >= 0.6 is 0 Å². The Labute approximate surface area is 69.4 Å². The van der Waals surface area contributed by atoms with Gasteiger partial charge < -0.3 is 5.11 Å². The largest absolute Gasteiger partial charge is 0.388 e. The van der Waals surface area contributed by atoms with Crippen molar-refractivity contribution in [3.8, 4) is 0 Å². The molecule has 1 N–H and O–H groups in total. The Kier molecular flexibility index (Phi) is 7.23. The fourth-order valence-corrected chi connectivity index (χ4v) is 0.686. The Bertz CT molecular complexity index is 132. The summed E-state index contributed by atoms with van der Waals surface area (Å²) in [6.45, 7) is 4.12. The lowest BCUT2D eigenvalue weighted by molar-refractivity contribution is 0.219. The SMILES string of the molecule is CCCCC=C=C[C@H](O)CC. The minimum absolute atomic E-state index is 0.312. The highest BCUT2D eigenvalue weighted by Crippen LogP contribution is 1.94. The fraction of sp³-hybridized carbons (Fsp3) is 0.700. The highest BCUT2D eigenvalue weighted by atomic mass is 16.3. The molecule has 0 aliphatic heterocycles. The zero-order valence-corrected chi connectivity index (χ0v) is 7.51. The third-order valence-electron chi connectivity index (χ3n) is 1.53. The maximum absolute atomic E-state index is 9.08. The summed E-state index contributed by atoms with van der Waals surface area (Å²) < 4.78 is 0. The van der Waals surface area contributed by atoms with E-state index in [4.69, 9.17) is 5.11 Å². The maximum Gasteiger partial charge on any atom is 0.0791 e. The molecule has 0 aliphatic rings. The molecular formula is C10H18O. The van der Waals surface area contributed by atoms with Gasteiger partial charge in [0.05, 0.1) is 6.10 Å². The van der Waals surface area contributed by atoms with Crippen molar-refractivity contribution in [1.29, 1.82) is 0 Å². The summed E-state index contributed by atoms with van der Waals surface area (Å²) in [6.07, 6.45) is 7.67. The van der Waals surface area contributed by atoms with Crippen LogP contribution in [0, 0.1) is 0 Å². The minimum Gasteiger partial charge on any atom is -0.388 e. The van der Waals surface area contributed by atoms with Gasteiger partial charge in [0.2, 0.25) is 0 Å². The van der Waals surface area contributed by atoms with E-state index in [0.29, 0.717) is 0 Å². The first-order valence-electron chi connectivity index (χ1n) is 4.40. The summed E-state index contributed by atoms with van der Waals surface area (Å²) in [5, 5.41) is 9.08. The van der Waals surface area contributed by atoms with Crippen LogP contribution in [0.5, 0.6) is 0 Å². The Morgan fingerprint density at radius 1 is 1.45 bits per heavy atom. The van der Waals surface area contributed by atoms with Crippen molar-refractivity contribution in [3.05, 3.63) is 17.9 Å². The van der Waals surface area contributed by atoms with Crippen molar-refractivity contribution in [1.82, 2.24) is 0 Å². The molecule has 0 radical (unpaired) electrons. The highest BCUT2D eigenvalue weighted by molar-refractivity contribution is 4.89. The molecule has 1 atom stereocenters. The Hall–Kier alpha value is -0.520. The summed E-state index contributed by atoms with van der Waals surface area (Å²) in [4.78, 5) is 0. The van der Waals surface area contributed by atoms with Crippen LogP contribution in [0.15, 0.2) is 17.9 Å². The second-order valence-electron chi connectivity index (χ2n) is 2.66. The van der Waals surface area contributed by atoms with E-state index in [9.17, 15) is 0 Å².